The Morgan fingerprint density at radius 3 is 3.09 bits per heavy atom. The van der Waals surface area contributed by atoms with Crippen LogP contribution >= 0.6 is 0 Å². The van der Waals surface area contributed by atoms with Gasteiger partial charge in [-0.25, -0.2) is 0 Å². The summed E-state index contributed by atoms with van der Waals surface area (Å²) in [5, 5.41) is 10.3. The number of phenolic OH excluding ortho intramolecular Hbond substituents is 1. The summed E-state index contributed by atoms with van der Waals surface area (Å²) < 4.78 is 6.24. The third-order valence-electron chi connectivity index (χ3n) is 6.67. The first-order valence-corrected chi connectivity index (χ1v) is 8.92. The topological polar surface area (TPSA) is 32.7 Å². The van der Waals surface area contributed by atoms with Crippen LogP contribution in [0.3, 0.4) is 0 Å². The van der Waals surface area contributed by atoms with E-state index in [1.54, 1.807) is 0 Å². The van der Waals surface area contributed by atoms with Gasteiger partial charge in [0.2, 0.25) is 0 Å². The van der Waals surface area contributed by atoms with Gasteiger partial charge in [0.05, 0.1) is 5.41 Å². The number of hydrogen-bond acceptors (Lipinski definition) is 3. The predicted molar refractivity (Wildman–Crippen MR) is 87.8 cm³/mol. The van der Waals surface area contributed by atoms with Crippen molar-refractivity contribution >= 4 is 0 Å². The number of hydrogen-bond donors (Lipinski definition) is 1. The molecule has 1 aromatic rings. The van der Waals surface area contributed by atoms with E-state index in [-0.39, 0.29) is 11.5 Å². The van der Waals surface area contributed by atoms with Crippen LogP contribution in [0.25, 0.3) is 0 Å². The molecule has 3 aliphatic carbocycles. The van der Waals surface area contributed by atoms with Gasteiger partial charge in [-0.15, -0.1) is 0 Å². The fourth-order valence-electron chi connectivity index (χ4n) is 5.47. The molecule has 0 aromatic heterocycles. The standard InChI is InChI=1S/C20H21NO2/c22-16-7-6-13-10-15-14-2-1-3-17-20(14,18(13)19(16)23-17)8-9-21(15)11-12-4-5-12/h1-3,6-7,12,15,17,22H,4-5,8-11H2/t15-,17+,20-/m1/s1. The lowest BCUT2D eigenvalue weighted by Crippen LogP contribution is -2.58. The van der Waals surface area contributed by atoms with Gasteiger partial charge in [-0.3, -0.25) is 4.90 Å². The highest BCUT2D eigenvalue weighted by molar-refractivity contribution is 5.66. The molecular weight excluding hydrogens is 286 g/mol. The van der Waals surface area contributed by atoms with Crippen LogP contribution in [-0.2, 0) is 11.8 Å². The second-order valence-corrected chi connectivity index (χ2v) is 7.87. The van der Waals surface area contributed by atoms with Gasteiger partial charge in [-0.2, -0.15) is 0 Å². The molecule has 3 atom stereocenters. The van der Waals surface area contributed by atoms with E-state index < -0.39 is 0 Å². The molecule has 6 rings (SSSR count). The summed E-state index contributed by atoms with van der Waals surface area (Å²) in [4.78, 5) is 2.72. The molecule has 3 heteroatoms. The Hall–Kier alpha value is -1.74. The van der Waals surface area contributed by atoms with Crippen molar-refractivity contribution in [3.8, 4) is 11.5 Å². The van der Waals surface area contributed by atoms with E-state index in [1.165, 1.54) is 36.1 Å². The third kappa shape index (κ3) is 1.45. The molecule has 1 N–H and O–H groups in total. The smallest absolute Gasteiger partial charge is 0.166 e. The molecule has 0 unspecified atom stereocenters. The SMILES string of the molecule is Oc1ccc2c3c1O[C@H]1C=CC=C4[C@@H](C2)N(CC2CC2)CC[C@]431. The van der Waals surface area contributed by atoms with Crippen molar-refractivity contribution < 1.29 is 9.84 Å². The summed E-state index contributed by atoms with van der Waals surface area (Å²) in [6, 6.07) is 4.47. The highest BCUT2D eigenvalue weighted by Gasteiger charge is 2.60. The van der Waals surface area contributed by atoms with Crippen molar-refractivity contribution in [3.05, 3.63) is 47.1 Å². The minimum absolute atomic E-state index is 0.0128. The lowest BCUT2D eigenvalue weighted by molar-refractivity contribution is 0.0962. The molecule has 0 radical (unpaired) electrons. The van der Waals surface area contributed by atoms with E-state index in [0.29, 0.717) is 11.8 Å². The summed E-state index contributed by atoms with van der Waals surface area (Å²) in [5.74, 6) is 1.98. The summed E-state index contributed by atoms with van der Waals surface area (Å²) in [7, 11) is 0. The van der Waals surface area contributed by atoms with Crippen molar-refractivity contribution in [3.63, 3.8) is 0 Å². The van der Waals surface area contributed by atoms with Crippen molar-refractivity contribution in [2.24, 2.45) is 5.92 Å². The van der Waals surface area contributed by atoms with Crippen LogP contribution in [0, 0.1) is 5.92 Å². The monoisotopic (exact) mass is 307 g/mol. The number of ether oxygens (including phenoxy) is 1. The molecule has 2 aliphatic heterocycles. The molecule has 23 heavy (non-hydrogen) atoms. The Morgan fingerprint density at radius 1 is 1.30 bits per heavy atom. The number of benzene rings is 1. The molecule has 5 aliphatic rings. The molecule has 3 nitrogen and oxygen atoms in total. The van der Waals surface area contributed by atoms with E-state index >= 15 is 0 Å². The Morgan fingerprint density at radius 2 is 2.22 bits per heavy atom. The summed E-state index contributed by atoms with van der Waals surface area (Å²) >= 11 is 0. The van der Waals surface area contributed by atoms with E-state index in [4.69, 9.17) is 4.74 Å². The molecule has 0 amide bonds. The van der Waals surface area contributed by atoms with Crippen LogP contribution < -0.4 is 4.74 Å². The van der Waals surface area contributed by atoms with Gasteiger partial charge in [-0.1, -0.05) is 18.2 Å². The molecule has 1 saturated heterocycles. The van der Waals surface area contributed by atoms with Crippen LogP contribution in [0.1, 0.15) is 30.4 Å². The van der Waals surface area contributed by atoms with Gasteiger partial charge in [0.25, 0.3) is 0 Å². The number of rotatable bonds is 2. The number of likely N-dealkylation sites (tertiary alicyclic amines) is 1. The lowest BCUT2D eigenvalue weighted by atomic mass is 9.57. The van der Waals surface area contributed by atoms with Gasteiger partial charge < -0.3 is 9.84 Å². The maximum Gasteiger partial charge on any atom is 0.166 e. The van der Waals surface area contributed by atoms with Crippen LogP contribution in [-0.4, -0.2) is 35.2 Å². The third-order valence-corrected chi connectivity index (χ3v) is 6.67. The Bertz CT molecular complexity index is 776. The number of aromatic hydroxyl groups is 1. The second-order valence-electron chi connectivity index (χ2n) is 7.87. The molecule has 1 aromatic carbocycles. The van der Waals surface area contributed by atoms with E-state index in [1.807, 2.05) is 6.07 Å². The van der Waals surface area contributed by atoms with Gasteiger partial charge in [-0.05, 0) is 54.9 Å². The van der Waals surface area contributed by atoms with Crippen LogP contribution in [0.5, 0.6) is 11.5 Å². The minimum atomic E-state index is -0.0128. The number of phenols is 1. The first-order valence-electron chi connectivity index (χ1n) is 8.92. The predicted octanol–water partition coefficient (Wildman–Crippen LogP) is 2.93. The molecule has 1 saturated carbocycles. The highest BCUT2D eigenvalue weighted by Crippen LogP contribution is 2.61. The molecular formula is C20H21NO2. The molecule has 2 fully saturated rings. The molecule has 1 spiro atoms. The van der Waals surface area contributed by atoms with E-state index in [9.17, 15) is 5.11 Å². The number of allylic oxidation sites excluding steroid dienone is 2. The van der Waals surface area contributed by atoms with Gasteiger partial charge in [0.15, 0.2) is 11.5 Å². The zero-order valence-corrected chi connectivity index (χ0v) is 13.2. The van der Waals surface area contributed by atoms with Gasteiger partial charge in [0.1, 0.15) is 6.10 Å². The van der Waals surface area contributed by atoms with Crippen LogP contribution in [0.2, 0.25) is 0 Å². The summed E-state index contributed by atoms with van der Waals surface area (Å²) in [6.07, 6.45) is 11.8. The van der Waals surface area contributed by atoms with Crippen LogP contribution in [0.15, 0.2) is 35.9 Å². The first-order chi connectivity index (χ1) is 11.3. The maximum absolute atomic E-state index is 10.3. The fraction of sp³-hybridized carbons (Fsp3) is 0.500. The average Bonchev–Trinajstić information content (AvgIpc) is 3.30. The highest BCUT2D eigenvalue weighted by atomic mass is 16.5. The number of piperidine rings is 1. The quantitative estimate of drug-likeness (QED) is 0.912. The van der Waals surface area contributed by atoms with Gasteiger partial charge in [0, 0.05) is 24.7 Å². The minimum Gasteiger partial charge on any atom is -0.504 e. The van der Waals surface area contributed by atoms with Crippen molar-refractivity contribution in [2.45, 2.75) is 43.2 Å². The zero-order valence-electron chi connectivity index (χ0n) is 13.2. The largest absolute Gasteiger partial charge is 0.504 e. The van der Waals surface area contributed by atoms with E-state index in [0.717, 1.165) is 31.1 Å². The summed E-state index contributed by atoms with van der Waals surface area (Å²) in [6.45, 7) is 2.41. The number of nitrogens with zero attached hydrogens (tertiary/aromatic N) is 1. The Kier molecular flexibility index (Phi) is 2.21. The van der Waals surface area contributed by atoms with Crippen molar-refractivity contribution in [2.75, 3.05) is 13.1 Å². The normalized spacial score (nSPS) is 36.4. The second kappa shape index (κ2) is 4.02. The molecule has 2 bridgehead atoms. The first kappa shape index (κ1) is 12.7. The zero-order chi connectivity index (χ0) is 15.2. The van der Waals surface area contributed by atoms with Crippen LogP contribution in [0.4, 0.5) is 0 Å². The van der Waals surface area contributed by atoms with Crippen molar-refractivity contribution in [1.82, 2.24) is 4.90 Å². The average molecular weight is 307 g/mol. The lowest BCUT2D eigenvalue weighted by Gasteiger charge is -2.53. The molecule has 2 heterocycles. The maximum atomic E-state index is 10.3. The Balaban J connectivity index is 1.56. The molecule has 118 valence electrons. The van der Waals surface area contributed by atoms with Crippen molar-refractivity contribution in [1.29, 1.82) is 0 Å². The summed E-state index contributed by atoms with van der Waals surface area (Å²) in [5.41, 5.74) is 4.20. The Labute approximate surface area is 136 Å². The fourth-order valence-corrected chi connectivity index (χ4v) is 5.47. The van der Waals surface area contributed by atoms with Gasteiger partial charge >= 0.3 is 0 Å². The van der Waals surface area contributed by atoms with E-state index in [2.05, 4.69) is 29.2 Å².